The fraction of sp³-hybridized carbons (Fsp3) is 0.133. The second-order valence-corrected chi connectivity index (χ2v) is 5.78. The van der Waals surface area contributed by atoms with E-state index in [9.17, 15) is 4.79 Å². The summed E-state index contributed by atoms with van der Waals surface area (Å²) in [5, 5.41) is 2.86. The summed E-state index contributed by atoms with van der Waals surface area (Å²) in [7, 11) is 0. The number of ether oxygens (including phenoxy) is 1. The summed E-state index contributed by atoms with van der Waals surface area (Å²) < 4.78 is 7.14. The molecule has 3 nitrogen and oxygen atoms in total. The van der Waals surface area contributed by atoms with E-state index in [1.807, 2.05) is 43.3 Å². The van der Waals surface area contributed by atoms with Gasteiger partial charge in [0.05, 0.1) is 17.9 Å². The molecule has 0 aromatic heterocycles. The molecule has 0 saturated heterocycles. The van der Waals surface area contributed by atoms with Gasteiger partial charge in [0, 0.05) is 8.95 Å². The molecule has 0 atom stereocenters. The van der Waals surface area contributed by atoms with Crippen molar-refractivity contribution < 1.29 is 9.53 Å². The van der Waals surface area contributed by atoms with Crippen LogP contribution in [0.5, 0.6) is 5.75 Å². The maximum absolute atomic E-state index is 12.3. The van der Waals surface area contributed by atoms with Gasteiger partial charge >= 0.3 is 0 Å². The highest BCUT2D eigenvalue weighted by molar-refractivity contribution is 9.11. The van der Waals surface area contributed by atoms with Gasteiger partial charge in [-0.05, 0) is 53.2 Å². The Hall–Kier alpha value is -1.33. The molecule has 0 saturated carbocycles. The lowest BCUT2D eigenvalue weighted by molar-refractivity contribution is 0.102. The molecule has 0 aliphatic heterocycles. The molecule has 2 rings (SSSR count). The molecular formula is C15H13Br2NO2. The maximum Gasteiger partial charge on any atom is 0.256 e. The van der Waals surface area contributed by atoms with E-state index in [2.05, 4.69) is 37.2 Å². The van der Waals surface area contributed by atoms with Crippen LogP contribution in [0.25, 0.3) is 0 Å². The highest BCUT2D eigenvalue weighted by Gasteiger charge is 2.12. The summed E-state index contributed by atoms with van der Waals surface area (Å²) in [5.41, 5.74) is 1.23. The van der Waals surface area contributed by atoms with Crippen molar-refractivity contribution in [2.45, 2.75) is 6.92 Å². The van der Waals surface area contributed by atoms with Gasteiger partial charge in [-0.1, -0.05) is 28.1 Å². The number of carbonyl (C=O) groups excluding carboxylic acids is 1. The smallest absolute Gasteiger partial charge is 0.256 e. The van der Waals surface area contributed by atoms with Gasteiger partial charge in [0.25, 0.3) is 5.91 Å². The summed E-state index contributed by atoms with van der Waals surface area (Å²) in [5.74, 6) is 0.480. The SMILES string of the molecule is CCOc1ccccc1NC(=O)c1ccc(Br)cc1Br. The Balaban J connectivity index is 2.23. The van der Waals surface area contributed by atoms with Crippen LogP contribution in [0.2, 0.25) is 0 Å². The van der Waals surface area contributed by atoms with E-state index in [0.717, 1.165) is 8.95 Å². The predicted octanol–water partition coefficient (Wildman–Crippen LogP) is 4.86. The van der Waals surface area contributed by atoms with Crippen LogP contribution in [0.3, 0.4) is 0 Å². The molecule has 0 bridgehead atoms. The number of carbonyl (C=O) groups is 1. The van der Waals surface area contributed by atoms with Crippen molar-refractivity contribution in [1.82, 2.24) is 0 Å². The topological polar surface area (TPSA) is 38.3 Å². The average molecular weight is 399 g/mol. The van der Waals surface area contributed by atoms with Crippen molar-refractivity contribution >= 4 is 43.5 Å². The second kappa shape index (κ2) is 6.90. The second-order valence-electron chi connectivity index (χ2n) is 4.01. The zero-order valence-electron chi connectivity index (χ0n) is 10.8. The zero-order valence-corrected chi connectivity index (χ0v) is 14.0. The summed E-state index contributed by atoms with van der Waals surface area (Å²) in [4.78, 5) is 12.3. The van der Waals surface area contributed by atoms with Gasteiger partial charge in [0.15, 0.2) is 0 Å². The first-order valence-corrected chi connectivity index (χ1v) is 7.68. The third-order valence-electron chi connectivity index (χ3n) is 2.61. The van der Waals surface area contributed by atoms with Crippen LogP contribution in [0, 0.1) is 0 Å². The number of anilines is 1. The first kappa shape index (κ1) is 15.1. The molecule has 5 heteroatoms. The lowest BCUT2D eigenvalue weighted by Crippen LogP contribution is -2.13. The normalized spacial score (nSPS) is 10.2. The minimum Gasteiger partial charge on any atom is -0.492 e. The molecule has 0 fully saturated rings. The van der Waals surface area contributed by atoms with Crippen molar-refractivity contribution in [3.8, 4) is 5.75 Å². The van der Waals surface area contributed by atoms with Crippen LogP contribution in [0.15, 0.2) is 51.4 Å². The van der Waals surface area contributed by atoms with Crippen molar-refractivity contribution in [1.29, 1.82) is 0 Å². The standard InChI is InChI=1S/C15H13Br2NO2/c1-2-20-14-6-4-3-5-13(14)18-15(19)11-8-7-10(16)9-12(11)17/h3-9H,2H2,1H3,(H,18,19). The first-order chi connectivity index (χ1) is 9.61. The van der Waals surface area contributed by atoms with Crippen molar-refractivity contribution in [2.75, 3.05) is 11.9 Å². The highest BCUT2D eigenvalue weighted by atomic mass is 79.9. The Morgan fingerprint density at radius 1 is 1.20 bits per heavy atom. The largest absolute Gasteiger partial charge is 0.492 e. The van der Waals surface area contributed by atoms with Crippen LogP contribution >= 0.6 is 31.9 Å². The predicted molar refractivity (Wildman–Crippen MR) is 87.4 cm³/mol. The van der Waals surface area contributed by atoms with E-state index < -0.39 is 0 Å². The fourth-order valence-electron chi connectivity index (χ4n) is 1.71. The Morgan fingerprint density at radius 2 is 1.95 bits per heavy atom. The summed E-state index contributed by atoms with van der Waals surface area (Å²) in [6.45, 7) is 2.46. The number of hydrogen-bond donors (Lipinski definition) is 1. The molecule has 0 heterocycles. The van der Waals surface area contributed by atoms with E-state index in [4.69, 9.17) is 4.74 Å². The van der Waals surface area contributed by atoms with Gasteiger partial charge < -0.3 is 10.1 Å². The van der Waals surface area contributed by atoms with Crippen molar-refractivity contribution in [2.24, 2.45) is 0 Å². The molecule has 1 N–H and O–H groups in total. The Labute approximate surface area is 134 Å². The van der Waals surface area contributed by atoms with Gasteiger partial charge in [-0.25, -0.2) is 0 Å². The lowest BCUT2D eigenvalue weighted by atomic mass is 10.2. The number of benzene rings is 2. The van der Waals surface area contributed by atoms with Gasteiger partial charge in [-0.2, -0.15) is 0 Å². The van der Waals surface area contributed by atoms with E-state index in [1.54, 1.807) is 6.07 Å². The lowest BCUT2D eigenvalue weighted by Gasteiger charge is -2.12. The Morgan fingerprint density at radius 3 is 2.65 bits per heavy atom. The van der Waals surface area contributed by atoms with E-state index in [1.165, 1.54) is 0 Å². The summed E-state index contributed by atoms with van der Waals surface area (Å²) >= 11 is 6.75. The van der Waals surface area contributed by atoms with Crippen LogP contribution in [0.1, 0.15) is 17.3 Å². The molecule has 0 aliphatic carbocycles. The monoisotopic (exact) mass is 397 g/mol. The van der Waals surface area contributed by atoms with Crippen LogP contribution in [0.4, 0.5) is 5.69 Å². The molecule has 1 amide bonds. The Kier molecular flexibility index (Phi) is 5.20. The molecule has 20 heavy (non-hydrogen) atoms. The molecule has 0 aliphatic rings. The number of amides is 1. The molecule has 0 radical (unpaired) electrons. The number of para-hydroxylation sites is 2. The quantitative estimate of drug-likeness (QED) is 0.798. The molecule has 0 spiro atoms. The van der Waals surface area contributed by atoms with Crippen LogP contribution in [-0.4, -0.2) is 12.5 Å². The average Bonchev–Trinajstić information content (AvgIpc) is 2.41. The van der Waals surface area contributed by atoms with Gasteiger partial charge in [-0.15, -0.1) is 0 Å². The van der Waals surface area contributed by atoms with Crippen molar-refractivity contribution in [3.05, 3.63) is 57.0 Å². The number of hydrogen-bond acceptors (Lipinski definition) is 2. The highest BCUT2D eigenvalue weighted by Crippen LogP contribution is 2.26. The third kappa shape index (κ3) is 3.61. The molecule has 104 valence electrons. The van der Waals surface area contributed by atoms with E-state index >= 15 is 0 Å². The summed E-state index contributed by atoms with van der Waals surface area (Å²) in [6.07, 6.45) is 0. The third-order valence-corrected chi connectivity index (χ3v) is 3.76. The maximum atomic E-state index is 12.3. The van der Waals surface area contributed by atoms with Gasteiger partial charge in [0.1, 0.15) is 5.75 Å². The number of nitrogens with one attached hydrogen (secondary N) is 1. The molecule has 0 unspecified atom stereocenters. The van der Waals surface area contributed by atoms with E-state index in [0.29, 0.717) is 23.6 Å². The van der Waals surface area contributed by atoms with Crippen molar-refractivity contribution in [3.63, 3.8) is 0 Å². The minimum absolute atomic E-state index is 0.184. The molecule has 2 aromatic carbocycles. The van der Waals surface area contributed by atoms with Gasteiger partial charge in [-0.3, -0.25) is 4.79 Å². The zero-order chi connectivity index (χ0) is 14.5. The fourth-order valence-corrected chi connectivity index (χ4v) is 2.94. The first-order valence-electron chi connectivity index (χ1n) is 6.10. The molecule has 2 aromatic rings. The molecular weight excluding hydrogens is 386 g/mol. The van der Waals surface area contributed by atoms with Crippen LogP contribution < -0.4 is 10.1 Å². The number of rotatable bonds is 4. The Bertz CT molecular complexity index is 629. The van der Waals surface area contributed by atoms with Gasteiger partial charge in [0.2, 0.25) is 0 Å². The van der Waals surface area contributed by atoms with Crippen LogP contribution in [-0.2, 0) is 0 Å². The minimum atomic E-state index is -0.184. The van der Waals surface area contributed by atoms with E-state index in [-0.39, 0.29) is 5.91 Å². The summed E-state index contributed by atoms with van der Waals surface area (Å²) in [6, 6.07) is 12.8. The number of halogens is 2.